The number of carbonyl (C=O) groups excluding carboxylic acids is 2. The molecule has 0 radical (unpaired) electrons. The monoisotopic (exact) mass is 383 g/mol. The van der Waals surface area contributed by atoms with Crippen molar-refractivity contribution in [2.45, 2.75) is 53.1 Å². The zero-order valence-electron chi connectivity index (χ0n) is 17.2. The number of carbonyl (C=O) groups is 2. The lowest BCUT2D eigenvalue weighted by Gasteiger charge is -2.19. The maximum absolute atomic E-state index is 12.6. The molecule has 28 heavy (non-hydrogen) atoms. The van der Waals surface area contributed by atoms with Gasteiger partial charge in [-0.2, -0.15) is 0 Å². The molecule has 150 valence electrons. The van der Waals surface area contributed by atoms with E-state index >= 15 is 0 Å². The fraction of sp³-hybridized carbons (Fsp3) is 0.391. The number of esters is 1. The van der Waals surface area contributed by atoms with Crippen molar-refractivity contribution in [3.63, 3.8) is 0 Å². The highest BCUT2D eigenvalue weighted by Crippen LogP contribution is 2.27. The van der Waals surface area contributed by atoms with Crippen molar-refractivity contribution >= 4 is 17.6 Å². The average molecular weight is 383 g/mol. The van der Waals surface area contributed by atoms with Crippen LogP contribution >= 0.6 is 0 Å². The Bertz CT molecular complexity index is 812. The van der Waals surface area contributed by atoms with Gasteiger partial charge >= 0.3 is 5.97 Å². The quantitative estimate of drug-likeness (QED) is 0.645. The van der Waals surface area contributed by atoms with E-state index in [2.05, 4.69) is 19.2 Å². The van der Waals surface area contributed by atoms with Gasteiger partial charge in [-0.1, -0.05) is 39.0 Å². The zero-order chi connectivity index (χ0) is 20.7. The number of nitrogens with one attached hydrogen (secondary N) is 1. The lowest BCUT2D eigenvalue weighted by atomic mass is 9.98. The number of ether oxygens (including phenoxy) is 2. The smallest absolute Gasteiger partial charge is 0.338 e. The van der Waals surface area contributed by atoms with Gasteiger partial charge in [-0.05, 0) is 61.6 Å². The van der Waals surface area contributed by atoms with Gasteiger partial charge in [0.25, 0.3) is 5.91 Å². The van der Waals surface area contributed by atoms with E-state index in [1.165, 1.54) is 0 Å². The molecule has 0 aliphatic heterocycles. The third-order valence-corrected chi connectivity index (χ3v) is 4.39. The molecular formula is C23H29NO4. The van der Waals surface area contributed by atoms with Crippen molar-refractivity contribution in [3.05, 3.63) is 59.2 Å². The molecule has 0 saturated heterocycles. The maximum atomic E-state index is 12.6. The van der Waals surface area contributed by atoms with E-state index in [9.17, 15) is 9.59 Å². The number of anilines is 1. The number of hydrogen-bond donors (Lipinski definition) is 1. The molecule has 1 amide bonds. The number of aryl methyl sites for hydroxylation is 1. The number of benzene rings is 2. The van der Waals surface area contributed by atoms with Crippen LogP contribution in [0.5, 0.6) is 5.75 Å². The van der Waals surface area contributed by atoms with E-state index in [1.54, 1.807) is 31.2 Å². The predicted molar refractivity (Wildman–Crippen MR) is 111 cm³/mol. The van der Waals surface area contributed by atoms with Crippen molar-refractivity contribution < 1.29 is 19.1 Å². The summed E-state index contributed by atoms with van der Waals surface area (Å²) in [6, 6.07) is 12.6. The summed E-state index contributed by atoms with van der Waals surface area (Å²) in [6.45, 7) is 10.3. The molecule has 2 aromatic rings. The van der Waals surface area contributed by atoms with Gasteiger partial charge in [0.05, 0.1) is 12.2 Å². The Morgan fingerprint density at radius 3 is 2.32 bits per heavy atom. The molecule has 0 fully saturated rings. The summed E-state index contributed by atoms with van der Waals surface area (Å²) in [4.78, 5) is 24.9. The lowest BCUT2D eigenvalue weighted by Crippen LogP contribution is -2.30. The lowest BCUT2D eigenvalue weighted by molar-refractivity contribution is -0.123. The molecule has 2 rings (SSSR count). The predicted octanol–water partition coefficient (Wildman–Crippen LogP) is 5.09. The van der Waals surface area contributed by atoms with Crippen LogP contribution in [0.3, 0.4) is 0 Å². The average Bonchev–Trinajstić information content (AvgIpc) is 2.67. The highest BCUT2D eigenvalue weighted by Gasteiger charge is 2.21. The van der Waals surface area contributed by atoms with E-state index in [1.807, 2.05) is 32.0 Å². The number of para-hydroxylation sites is 1. The van der Waals surface area contributed by atoms with Crippen LogP contribution in [0.25, 0.3) is 0 Å². The fourth-order valence-corrected chi connectivity index (χ4v) is 2.76. The minimum Gasteiger partial charge on any atom is -0.494 e. The van der Waals surface area contributed by atoms with Gasteiger partial charge in [0.2, 0.25) is 0 Å². The summed E-state index contributed by atoms with van der Waals surface area (Å²) in [6.07, 6.45) is -0.00123. The Morgan fingerprint density at radius 1 is 1.04 bits per heavy atom. The van der Waals surface area contributed by atoms with Crippen LogP contribution in [0.2, 0.25) is 0 Å². The molecule has 0 aliphatic carbocycles. The first-order valence-corrected chi connectivity index (χ1v) is 9.67. The topological polar surface area (TPSA) is 64.6 Å². The Kier molecular flexibility index (Phi) is 7.61. The first kappa shape index (κ1) is 21.5. The summed E-state index contributed by atoms with van der Waals surface area (Å²) in [5, 5.41) is 2.91. The van der Waals surface area contributed by atoms with Crippen molar-refractivity contribution in [3.8, 4) is 5.75 Å². The van der Waals surface area contributed by atoms with Gasteiger partial charge < -0.3 is 14.8 Å². The van der Waals surface area contributed by atoms with Crippen molar-refractivity contribution in [2.24, 2.45) is 0 Å². The third kappa shape index (κ3) is 5.59. The Morgan fingerprint density at radius 2 is 1.71 bits per heavy atom. The second-order valence-electron chi connectivity index (χ2n) is 7.10. The second kappa shape index (κ2) is 9.93. The highest BCUT2D eigenvalue weighted by molar-refractivity contribution is 5.98. The fourth-order valence-electron chi connectivity index (χ4n) is 2.76. The van der Waals surface area contributed by atoms with Crippen LogP contribution in [-0.4, -0.2) is 24.6 Å². The highest BCUT2D eigenvalue weighted by atomic mass is 16.5. The molecule has 0 unspecified atom stereocenters. The van der Waals surface area contributed by atoms with Crippen LogP contribution < -0.4 is 10.1 Å². The van der Waals surface area contributed by atoms with E-state index < -0.39 is 12.1 Å². The summed E-state index contributed by atoms with van der Waals surface area (Å²) < 4.78 is 10.8. The molecular weight excluding hydrogens is 354 g/mol. The molecule has 0 bridgehead atoms. The van der Waals surface area contributed by atoms with Crippen molar-refractivity contribution in [2.75, 3.05) is 11.9 Å². The van der Waals surface area contributed by atoms with Crippen molar-refractivity contribution in [1.29, 1.82) is 0 Å². The van der Waals surface area contributed by atoms with Gasteiger partial charge in [0.15, 0.2) is 6.10 Å². The molecule has 5 nitrogen and oxygen atoms in total. The summed E-state index contributed by atoms with van der Waals surface area (Å²) in [5.41, 5.74) is 3.18. The number of hydrogen-bond acceptors (Lipinski definition) is 4. The number of rotatable bonds is 8. The minimum atomic E-state index is -0.914. The van der Waals surface area contributed by atoms with Crippen LogP contribution in [-0.2, 0) is 9.53 Å². The summed E-state index contributed by atoms with van der Waals surface area (Å²) >= 11 is 0. The van der Waals surface area contributed by atoms with E-state index in [-0.39, 0.29) is 11.8 Å². The van der Waals surface area contributed by atoms with Crippen LogP contribution in [0, 0.1) is 6.92 Å². The molecule has 0 aromatic heterocycles. The van der Waals surface area contributed by atoms with Crippen LogP contribution in [0.15, 0.2) is 42.5 Å². The van der Waals surface area contributed by atoms with E-state index in [4.69, 9.17) is 9.47 Å². The van der Waals surface area contributed by atoms with Gasteiger partial charge in [0.1, 0.15) is 5.75 Å². The Hall–Kier alpha value is -2.82. The molecule has 1 atom stereocenters. The molecule has 0 heterocycles. The first-order chi connectivity index (χ1) is 13.3. The van der Waals surface area contributed by atoms with Gasteiger partial charge in [-0.25, -0.2) is 4.79 Å². The van der Waals surface area contributed by atoms with Crippen LogP contribution in [0.4, 0.5) is 5.69 Å². The van der Waals surface area contributed by atoms with E-state index in [0.29, 0.717) is 17.9 Å². The van der Waals surface area contributed by atoms with Gasteiger partial charge in [0, 0.05) is 5.69 Å². The van der Waals surface area contributed by atoms with E-state index in [0.717, 1.165) is 23.2 Å². The molecule has 0 spiro atoms. The van der Waals surface area contributed by atoms with Gasteiger partial charge in [-0.3, -0.25) is 4.79 Å². The Balaban J connectivity index is 2.02. The summed E-state index contributed by atoms with van der Waals surface area (Å²) in [5.74, 6) is 0.0671. The van der Waals surface area contributed by atoms with Gasteiger partial charge in [-0.15, -0.1) is 0 Å². The maximum Gasteiger partial charge on any atom is 0.338 e. The third-order valence-electron chi connectivity index (χ3n) is 4.39. The normalized spacial score (nSPS) is 11.8. The van der Waals surface area contributed by atoms with Crippen LogP contribution in [0.1, 0.15) is 61.5 Å². The van der Waals surface area contributed by atoms with Crippen molar-refractivity contribution in [1.82, 2.24) is 0 Å². The standard InChI is InChI=1S/C23H29NO4/c1-6-14-27-19-12-10-18(11-13-19)23(26)28-17(5)22(25)24-21-16(4)8-7-9-20(21)15(2)3/h7-13,15,17H,6,14H2,1-5H3,(H,24,25)/t17-/m0/s1. The second-order valence-corrected chi connectivity index (χ2v) is 7.10. The molecule has 0 aliphatic rings. The number of amides is 1. The molecule has 2 aromatic carbocycles. The molecule has 0 saturated carbocycles. The SMILES string of the molecule is CCCOc1ccc(C(=O)O[C@@H](C)C(=O)Nc2c(C)cccc2C(C)C)cc1. The Labute approximate surface area is 167 Å². The largest absolute Gasteiger partial charge is 0.494 e. The molecule has 1 N–H and O–H groups in total. The first-order valence-electron chi connectivity index (χ1n) is 9.67. The zero-order valence-corrected chi connectivity index (χ0v) is 17.2. The minimum absolute atomic E-state index is 0.265. The summed E-state index contributed by atoms with van der Waals surface area (Å²) in [7, 11) is 0. The molecule has 5 heteroatoms.